The van der Waals surface area contributed by atoms with Crippen LogP contribution in [0.2, 0.25) is 0 Å². The number of carbonyl (C=O) groups excluding carboxylic acids is 2. The highest BCUT2D eigenvalue weighted by molar-refractivity contribution is 5.92. The Hall–Kier alpha value is -2.93. The zero-order valence-electron chi connectivity index (χ0n) is 15.1. The van der Waals surface area contributed by atoms with Gasteiger partial charge < -0.3 is 25.1 Å². The molecule has 13 heteroatoms. The molecule has 0 saturated heterocycles. The van der Waals surface area contributed by atoms with E-state index < -0.39 is 41.1 Å². The van der Waals surface area contributed by atoms with Crippen LogP contribution in [-0.2, 0) is 20.4 Å². The molecule has 0 spiro atoms. The first-order valence-corrected chi connectivity index (χ1v) is 7.80. The zero-order chi connectivity index (χ0) is 21.5. The van der Waals surface area contributed by atoms with Crippen molar-refractivity contribution in [3.63, 3.8) is 0 Å². The van der Waals surface area contributed by atoms with Gasteiger partial charge in [-0.25, -0.2) is 4.79 Å². The van der Waals surface area contributed by atoms with Gasteiger partial charge in [-0.05, 0) is 13.8 Å². The van der Waals surface area contributed by atoms with Crippen molar-refractivity contribution >= 4 is 18.5 Å². The third-order valence-corrected chi connectivity index (χ3v) is 3.33. The summed E-state index contributed by atoms with van der Waals surface area (Å²) in [5, 5.41) is 26.9. The fraction of sp³-hybridized carbons (Fsp3) is 0.467. The monoisotopic (exact) mass is 408 g/mol. The summed E-state index contributed by atoms with van der Waals surface area (Å²) in [7, 11) is 1.36. The van der Waals surface area contributed by atoms with Crippen LogP contribution >= 0.6 is 0 Å². The van der Waals surface area contributed by atoms with E-state index in [-0.39, 0.29) is 12.9 Å². The number of halogens is 3. The van der Waals surface area contributed by atoms with Gasteiger partial charge in [0.15, 0.2) is 12.0 Å². The summed E-state index contributed by atoms with van der Waals surface area (Å²) in [5.41, 5.74) is -0.546. The molecule has 156 valence electrons. The Kier molecular flexibility index (Phi) is 7.69. The van der Waals surface area contributed by atoms with Crippen LogP contribution in [0.15, 0.2) is 17.4 Å². The largest absolute Gasteiger partial charge is 0.463 e. The lowest BCUT2D eigenvalue weighted by Gasteiger charge is -2.27. The van der Waals surface area contributed by atoms with E-state index in [9.17, 15) is 33.0 Å². The van der Waals surface area contributed by atoms with Gasteiger partial charge in [0.2, 0.25) is 0 Å². The predicted octanol–water partition coefficient (Wildman–Crippen LogP) is 0.560. The van der Waals surface area contributed by atoms with E-state index in [1.807, 2.05) is 0 Å². The maximum atomic E-state index is 13.2. The standard InChI is InChI=1S/C15H19F3N4O6/c1-4-27-12(24)5-6-28-15(25,26)9(2)22-11(7-20-19-3)10(8-23)13(21-22)14(16,17)18/h5-9,19,25-26H,4H2,1-3H3/b6-5+,20-7-. The van der Waals surface area contributed by atoms with Crippen molar-refractivity contribution in [2.75, 3.05) is 13.7 Å². The molecule has 1 aromatic heterocycles. The van der Waals surface area contributed by atoms with Gasteiger partial charge in [0, 0.05) is 7.05 Å². The maximum Gasteiger partial charge on any atom is 0.435 e. The number of nitrogens with one attached hydrogen (secondary N) is 1. The first-order valence-electron chi connectivity index (χ1n) is 7.80. The molecule has 0 aliphatic rings. The Bertz CT molecular complexity index is 758. The average Bonchev–Trinajstić information content (AvgIpc) is 2.97. The topological polar surface area (TPSA) is 135 Å². The molecule has 10 nitrogen and oxygen atoms in total. The van der Waals surface area contributed by atoms with Crippen molar-refractivity contribution in [1.29, 1.82) is 0 Å². The van der Waals surface area contributed by atoms with Crippen LogP contribution in [0.4, 0.5) is 13.2 Å². The van der Waals surface area contributed by atoms with E-state index in [1.165, 1.54) is 7.05 Å². The minimum Gasteiger partial charge on any atom is -0.463 e. The normalized spacial score (nSPS) is 13.7. The minimum atomic E-state index is -4.98. The number of rotatable bonds is 9. The molecule has 0 aliphatic heterocycles. The van der Waals surface area contributed by atoms with E-state index in [0.717, 1.165) is 19.2 Å². The van der Waals surface area contributed by atoms with Crippen molar-refractivity contribution in [3.05, 3.63) is 29.3 Å². The molecule has 0 amide bonds. The van der Waals surface area contributed by atoms with Crippen LogP contribution in [0.25, 0.3) is 0 Å². The SMILES string of the molecule is CCOC(=O)/C=C/OC(O)(O)C(C)n1nc(C(F)(F)F)c(C=O)c1/C=N\NC. The lowest BCUT2D eigenvalue weighted by molar-refractivity contribution is -0.336. The van der Waals surface area contributed by atoms with Gasteiger partial charge in [0.1, 0.15) is 6.04 Å². The van der Waals surface area contributed by atoms with Crippen LogP contribution in [0.3, 0.4) is 0 Å². The van der Waals surface area contributed by atoms with Gasteiger partial charge in [0.05, 0.1) is 36.4 Å². The van der Waals surface area contributed by atoms with Gasteiger partial charge in [-0.2, -0.15) is 23.4 Å². The molecular weight excluding hydrogens is 389 g/mol. The second-order valence-electron chi connectivity index (χ2n) is 5.20. The molecule has 1 atom stereocenters. The van der Waals surface area contributed by atoms with Crippen molar-refractivity contribution in [1.82, 2.24) is 15.2 Å². The highest BCUT2D eigenvalue weighted by Gasteiger charge is 2.43. The number of aldehydes is 1. The molecule has 3 N–H and O–H groups in total. The van der Waals surface area contributed by atoms with E-state index in [0.29, 0.717) is 10.9 Å². The van der Waals surface area contributed by atoms with E-state index in [4.69, 9.17) is 0 Å². The first-order chi connectivity index (χ1) is 13.0. The summed E-state index contributed by atoms with van der Waals surface area (Å²) in [6.07, 6.45) is -2.87. The molecule has 0 aliphatic carbocycles. The summed E-state index contributed by atoms with van der Waals surface area (Å²) in [6.45, 7) is 2.68. The number of alkyl halides is 3. The van der Waals surface area contributed by atoms with Crippen LogP contribution in [0.1, 0.15) is 41.6 Å². The van der Waals surface area contributed by atoms with Gasteiger partial charge in [0.25, 0.3) is 0 Å². The third kappa shape index (κ3) is 5.53. The number of ether oxygens (including phenoxy) is 2. The highest BCUT2D eigenvalue weighted by atomic mass is 19.4. The number of carbonyl (C=O) groups is 2. The molecule has 0 saturated carbocycles. The molecule has 1 unspecified atom stereocenters. The molecule has 1 aromatic rings. The number of hydrazone groups is 1. The zero-order valence-corrected chi connectivity index (χ0v) is 15.1. The Labute approximate surface area is 157 Å². The fourth-order valence-corrected chi connectivity index (χ4v) is 1.97. The Balaban J connectivity index is 3.32. The fourth-order valence-electron chi connectivity index (χ4n) is 1.97. The summed E-state index contributed by atoms with van der Waals surface area (Å²) in [5.74, 6) is -3.94. The summed E-state index contributed by atoms with van der Waals surface area (Å²) in [4.78, 5) is 22.4. The van der Waals surface area contributed by atoms with Gasteiger partial charge in [-0.1, -0.05) is 0 Å². The molecule has 0 bridgehead atoms. The molecule has 0 aromatic carbocycles. The molecular formula is C15H19F3N4O6. The molecule has 0 radical (unpaired) electrons. The quantitative estimate of drug-likeness (QED) is 0.103. The van der Waals surface area contributed by atoms with Crippen LogP contribution in [-0.4, -0.2) is 58.1 Å². The van der Waals surface area contributed by atoms with Gasteiger partial charge >= 0.3 is 18.1 Å². The van der Waals surface area contributed by atoms with Crippen molar-refractivity contribution < 1.29 is 42.4 Å². The lowest BCUT2D eigenvalue weighted by Crippen LogP contribution is -2.40. The van der Waals surface area contributed by atoms with E-state index in [2.05, 4.69) is 25.1 Å². The highest BCUT2D eigenvalue weighted by Crippen LogP contribution is 2.34. The summed E-state index contributed by atoms with van der Waals surface area (Å²) < 4.78 is 49.2. The third-order valence-electron chi connectivity index (χ3n) is 3.33. The predicted molar refractivity (Wildman–Crippen MR) is 88.0 cm³/mol. The second-order valence-corrected chi connectivity index (χ2v) is 5.20. The second kappa shape index (κ2) is 9.32. The summed E-state index contributed by atoms with van der Waals surface area (Å²) in [6, 6.07) is -1.66. The van der Waals surface area contributed by atoms with Crippen molar-refractivity contribution in [2.24, 2.45) is 5.10 Å². The van der Waals surface area contributed by atoms with Gasteiger partial charge in [-0.3, -0.25) is 9.48 Å². The van der Waals surface area contributed by atoms with Crippen LogP contribution in [0, 0.1) is 0 Å². The van der Waals surface area contributed by atoms with E-state index >= 15 is 0 Å². The van der Waals surface area contributed by atoms with Crippen molar-refractivity contribution in [3.8, 4) is 0 Å². The number of aliphatic hydroxyl groups is 2. The average molecular weight is 408 g/mol. The van der Waals surface area contributed by atoms with Crippen LogP contribution in [0.5, 0.6) is 0 Å². The lowest BCUT2D eigenvalue weighted by atomic mass is 10.2. The minimum absolute atomic E-state index is 0.0686. The Morgan fingerprint density at radius 2 is 2.07 bits per heavy atom. The number of hydrogen-bond donors (Lipinski definition) is 3. The van der Waals surface area contributed by atoms with Crippen LogP contribution < -0.4 is 5.43 Å². The Morgan fingerprint density at radius 1 is 1.43 bits per heavy atom. The Morgan fingerprint density at radius 3 is 2.57 bits per heavy atom. The van der Waals surface area contributed by atoms with Gasteiger partial charge in [-0.15, -0.1) is 0 Å². The van der Waals surface area contributed by atoms with E-state index in [1.54, 1.807) is 6.92 Å². The summed E-state index contributed by atoms with van der Waals surface area (Å²) >= 11 is 0. The molecule has 0 fully saturated rings. The molecule has 28 heavy (non-hydrogen) atoms. The number of hydrogen-bond acceptors (Lipinski definition) is 9. The molecule has 1 rings (SSSR count). The number of aromatic nitrogens is 2. The first kappa shape index (κ1) is 23.1. The van der Waals surface area contributed by atoms with Crippen molar-refractivity contribution in [2.45, 2.75) is 32.0 Å². The smallest absolute Gasteiger partial charge is 0.435 e. The number of esters is 1. The maximum absolute atomic E-state index is 13.2. The molecule has 1 heterocycles. The number of nitrogens with zero attached hydrogens (tertiary/aromatic N) is 3.